The van der Waals surface area contributed by atoms with Crippen LogP contribution in [0.2, 0.25) is 0 Å². The molecule has 53 heavy (non-hydrogen) atoms. The van der Waals surface area contributed by atoms with Crippen molar-refractivity contribution >= 4 is 61.5 Å². The minimum atomic E-state index is -1.04. The number of hydrogen-bond acceptors (Lipinski definition) is 9. The Morgan fingerprint density at radius 2 is 1.53 bits per heavy atom. The second kappa shape index (κ2) is 18.3. The van der Waals surface area contributed by atoms with E-state index in [1.807, 2.05) is 41.0 Å². The lowest BCUT2D eigenvalue weighted by Gasteiger charge is -2.43. The van der Waals surface area contributed by atoms with Crippen molar-refractivity contribution in [2.24, 2.45) is 0 Å². The number of ether oxygens (including phenoxy) is 2. The Balaban J connectivity index is 1.03. The van der Waals surface area contributed by atoms with Crippen molar-refractivity contribution in [3.05, 3.63) is 56.5 Å². The van der Waals surface area contributed by atoms with Gasteiger partial charge in [0.1, 0.15) is 5.75 Å². The molecule has 288 valence electrons. The van der Waals surface area contributed by atoms with Crippen LogP contribution in [0.5, 0.6) is 5.75 Å². The standard InChI is InChI=1S/C38H50Br2N6O7/c1-2-52-34(47)12-13-42-19-21-43(22-20-42)28-8-14-44(15-9-28)36(49)33(25-26-23-30(39)35(48)31(40)24-26)53-38(51)45-16-10-29(11-17-45)46-18-7-27-5-3-4-6-32(27)41-37(46)50/h3-6,23-24,28-29,33,48H,2,7-22,25H2,1H3,(H,41,50)/t33-/m1/s1. The number of piperidine rings is 2. The number of phenolic OH excluding ortho intramolecular Hbond substituents is 1. The number of phenols is 1. The summed E-state index contributed by atoms with van der Waals surface area (Å²) in [6.07, 6.45) is 2.62. The van der Waals surface area contributed by atoms with Gasteiger partial charge in [-0.05, 0) is 100 Å². The molecule has 3 saturated heterocycles. The molecule has 0 spiro atoms. The molecule has 0 aliphatic carbocycles. The van der Waals surface area contributed by atoms with Gasteiger partial charge in [-0.1, -0.05) is 18.2 Å². The van der Waals surface area contributed by atoms with Crippen LogP contribution in [0.1, 0.15) is 50.2 Å². The Morgan fingerprint density at radius 1 is 0.887 bits per heavy atom. The number of para-hydroxylation sites is 1. The molecule has 13 nitrogen and oxygen atoms in total. The summed E-state index contributed by atoms with van der Waals surface area (Å²) in [7, 11) is 0. The molecule has 2 aromatic carbocycles. The van der Waals surface area contributed by atoms with Gasteiger partial charge in [0.15, 0.2) is 6.10 Å². The number of benzene rings is 2. The number of urea groups is 1. The van der Waals surface area contributed by atoms with Gasteiger partial charge in [-0.15, -0.1) is 0 Å². The van der Waals surface area contributed by atoms with E-state index in [9.17, 15) is 24.3 Å². The maximum absolute atomic E-state index is 14.1. The largest absolute Gasteiger partial charge is 0.506 e. The number of anilines is 1. The van der Waals surface area contributed by atoms with Crippen LogP contribution < -0.4 is 5.32 Å². The van der Waals surface area contributed by atoms with E-state index >= 15 is 0 Å². The lowest BCUT2D eigenvalue weighted by molar-refractivity contribution is -0.144. The first kappa shape index (κ1) is 39.3. The summed E-state index contributed by atoms with van der Waals surface area (Å²) < 4.78 is 12.1. The van der Waals surface area contributed by atoms with Crippen molar-refractivity contribution < 1.29 is 33.8 Å². The minimum Gasteiger partial charge on any atom is -0.506 e. The molecule has 3 fully saturated rings. The van der Waals surface area contributed by atoms with Crippen LogP contribution in [0, 0.1) is 0 Å². The molecule has 2 aromatic rings. The van der Waals surface area contributed by atoms with Crippen molar-refractivity contribution in [3.8, 4) is 5.75 Å². The number of nitrogens with one attached hydrogen (secondary N) is 1. The molecule has 6 rings (SSSR count). The summed E-state index contributed by atoms with van der Waals surface area (Å²) in [6, 6.07) is 11.6. The number of hydrogen-bond donors (Lipinski definition) is 2. The van der Waals surface area contributed by atoms with Crippen LogP contribution in [-0.4, -0.2) is 144 Å². The smallest absolute Gasteiger partial charge is 0.410 e. The molecular weight excluding hydrogens is 812 g/mol. The molecule has 0 radical (unpaired) electrons. The number of likely N-dealkylation sites (tertiary alicyclic amines) is 2. The van der Waals surface area contributed by atoms with E-state index < -0.39 is 12.2 Å². The highest BCUT2D eigenvalue weighted by Crippen LogP contribution is 2.34. The van der Waals surface area contributed by atoms with Crippen LogP contribution in [0.3, 0.4) is 0 Å². The Morgan fingerprint density at radius 3 is 2.21 bits per heavy atom. The van der Waals surface area contributed by atoms with Gasteiger partial charge in [-0.2, -0.15) is 0 Å². The van der Waals surface area contributed by atoms with Crippen LogP contribution in [0.4, 0.5) is 15.3 Å². The number of amides is 4. The minimum absolute atomic E-state index is 0.00800. The summed E-state index contributed by atoms with van der Waals surface area (Å²) >= 11 is 6.77. The third kappa shape index (κ3) is 10.0. The zero-order valence-electron chi connectivity index (χ0n) is 30.3. The SMILES string of the molecule is CCOC(=O)CCN1CCN(C2CCN(C(=O)[C@@H](Cc3cc(Br)c(O)c(Br)c3)OC(=O)N3CCC(N4CCc5ccccc5NC4=O)CC3)CC2)CC1. The van der Waals surface area contributed by atoms with Crippen LogP contribution in [0.25, 0.3) is 0 Å². The van der Waals surface area contributed by atoms with Crippen molar-refractivity contribution in [2.75, 3.05) is 77.4 Å². The van der Waals surface area contributed by atoms with Crippen molar-refractivity contribution in [1.82, 2.24) is 24.5 Å². The highest BCUT2D eigenvalue weighted by Gasteiger charge is 2.37. The first-order valence-corrected chi connectivity index (χ1v) is 20.4. The van der Waals surface area contributed by atoms with Gasteiger partial charge < -0.3 is 39.5 Å². The van der Waals surface area contributed by atoms with Gasteiger partial charge in [0, 0.05) is 89.6 Å². The number of halogens is 2. The van der Waals surface area contributed by atoms with Gasteiger partial charge in [0.25, 0.3) is 5.91 Å². The van der Waals surface area contributed by atoms with E-state index in [0.717, 1.165) is 62.3 Å². The summed E-state index contributed by atoms with van der Waals surface area (Å²) in [6.45, 7) is 9.12. The number of fused-ring (bicyclic) bond motifs is 1. The Kier molecular flexibility index (Phi) is 13.6. The van der Waals surface area contributed by atoms with E-state index in [1.54, 1.807) is 17.0 Å². The lowest BCUT2D eigenvalue weighted by atomic mass is 10.0. The normalized spacial score (nSPS) is 20.0. The monoisotopic (exact) mass is 860 g/mol. The molecule has 0 saturated carbocycles. The average Bonchev–Trinajstić information content (AvgIpc) is 3.34. The van der Waals surface area contributed by atoms with E-state index in [0.29, 0.717) is 80.1 Å². The highest BCUT2D eigenvalue weighted by molar-refractivity contribution is 9.11. The molecule has 1 atom stereocenters. The third-order valence-corrected chi connectivity index (χ3v) is 12.2. The topological polar surface area (TPSA) is 135 Å². The summed E-state index contributed by atoms with van der Waals surface area (Å²) in [5.74, 6) is -0.325. The zero-order chi connectivity index (χ0) is 37.5. The second-order valence-corrected chi connectivity index (χ2v) is 15.9. The van der Waals surface area contributed by atoms with E-state index in [2.05, 4.69) is 47.0 Å². The fourth-order valence-corrected chi connectivity index (χ4v) is 9.19. The molecule has 4 heterocycles. The van der Waals surface area contributed by atoms with Crippen LogP contribution in [-0.2, 0) is 31.9 Å². The number of piperazine rings is 1. The maximum Gasteiger partial charge on any atom is 0.410 e. The fraction of sp³-hybridized carbons (Fsp3) is 0.579. The summed E-state index contributed by atoms with van der Waals surface area (Å²) in [4.78, 5) is 62.8. The van der Waals surface area contributed by atoms with Crippen LogP contribution in [0.15, 0.2) is 45.3 Å². The van der Waals surface area contributed by atoms with E-state index in [1.165, 1.54) is 0 Å². The lowest BCUT2D eigenvalue weighted by Crippen LogP contribution is -2.55. The first-order valence-electron chi connectivity index (χ1n) is 18.8. The molecular formula is C38H50Br2N6O7. The van der Waals surface area contributed by atoms with Crippen molar-refractivity contribution in [1.29, 1.82) is 0 Å². The van der Waals surface area contributed by atoms with Gasteiger partial charge in [-0.25, -0.2) is 9.59 Å². The summed E-state index contributed by atoms with van der Waals surface area (Å²) in [5.41, 5.74) is 2.69. The molecule has 4 aliphatic heterocycles. The van der Waals surface area contributed by atoms with Gasteiger partial charge >= 0.3 is 18.1 Å². The van der Waals surface area contributed by atoms with E-state index in [-0.39, 0.29) is 36.1 Å². The fourth-order valence-electron chi connectivity index (χ4n) is 7.91. The number of aromatic hydroxyl groups is 1. The number of carbonyl (C=O) groups is 4. The number of rotatable bonds is 10. The summed E-state index contributed by atoms with van der Waals surface area (Å²) in [5, 5.41) is 13.3. The Bertz CT molecular complexity index is 1600. The van der Waals surface area contributed by atoms with Gasteiger partial charge in [0.05, 0.1) is 22.0 Å². The maximum atomic E-state index is 14.1. The Hall–Kier alpha value is -3.40. The van der Waals surface area contributed by atoms with Gasteiger partial charge in [-0.3, -0.25) is 14.5 Å². The van der Waals surface area contributed by atoms with Crippen molar-refractivity contribution in [2.45, 2.75) is 70.1 Å². The Labute approximate surface area is 328 Å². The number of esters is 1. The molecule has 4 amide bonds. The molecule has 0 aromatic heterocycles. The quantitative estimate of drug-likeness (QED) is 0.314. The molecule has 15 heteroatoms. The van der Waals surface area contributed by atoms with Crippen LogP contribution >= 0.6 is 31.9 Å². The van der Waals surface area contributed by atoms with E-state index in [4.69, 9.17) is 9.47 Å². The second-order valence-electron chi connectivity index (χ2n) is 14.2. The molecule has 2 N–H and O–H groups in total. The van der Waals surface area contributed by atoms with Crippen molar-refractivity contribution in [3.63, 3.8) is 0 Å². The van der Waals surface area contributed by atoms with Gasteiger partial charge in [0.2, 0.25) is 0 Å². The predicted molar refractivity (Wildman–Crippen MR) is 207 cm³/mol. The number of carbonyl (C=O) groups excluding carboxylic acids is 4. The number of nitrogens with zero attached hydrogens (tertiary/aromatic N) is 5. The first-order chi connectivity index (χ1) is 25.6. The molecule has 0 bridgehead atoms. The molecule has 4 aliphatic rings. The molecule has 0 unspecified atom stereocenters. The third-order valence-electron chi connectivity index (χ3n) is 11.0. The zero-order valence-corrected chi connectivity index (χ0v) is 33.5. The predicted octanol–water partition coefficient (Wildman–Crippen LogP) is 5.08. The highest BCUT2D eigenvalue weighted by atomic mass is 79.9. The average molecular weight is 863 g/mol.